The molecule has 0 unspecified atom stereocenters. The minimum atomic E-state index is 0.00718. The van der Waals surface area contributed by atoms with Gasteiger partial charge in [0.1, 0.15) is 0 Å². The molecule has 1 aliphatic rings. The van der Waals surface area contributed by atoms with Crippen LogP contribution in [-0.4, -0.2) is 60.9 Å². The molecule has 2 N–H and O–H groups in total. The van der Waals surface area contributed by atoms with Crippen LogP contribution in [0.3, 0.4) is 0 Å². The van der Waals surface area contributed by atoms with E-state index < -0.39 is 0 Å². The van der Waals surface area contributed by atoms with E-state index >= 15 is 0 Å². The van der Waals surface area contributed by atoms with E-state index in [1.54, 1.807) is 0 Å². The topological polar surface area (TPSA) is 64.7 Å². The summed E-state index contributed by atoms with van der Waals surface area (Å²) in [6.07, 6.45) is 0. The second-order valence-corrected chi connectivity index (χ2v) is 7.61. The fourth-order valence-electron chi connectivity index (χ4n) is 3.44. The zero-order chi connectivity index (χ0) is 20.6. The summed E-state index contributed by atoms with van der Waals surface area (Å²) in [6.45, 7) is 8.53. The number of anilines is 1. The Bertz CT molecular complexity index is 830. The highest BCUT2D eigenvalue weighted by atomic mass is 16.2. The van der Waals surface area contributed by atoms with E-state index in [0.29, 0.717) is 19.6 Å². The van der Waals surface area contributed by atoms with E-state index in [1.165, 1.54) is 5.56 Å². The van der Waals surface area contributed by atoms with Gasteiger partial charge in [-0.1, -0.05) is 42.5 Å². The van der Waals surface area contributed by atoms with E-state index in [-0.39, 0.29) is 11.8 Å². The van der Waals surface area contributed by atoms with Gasteiger partial charge in [0.15, 0.2) is 0 Å². The van der Waals surface area contributed by atoms with Crippen molar-refractivity contribution in [2.45, 2.75) is 20.4 Å². The molecule has 2 amide bonds. The Morgan fingerprint density at radius 3 is 2.10 bits per heavy atom. The molecule has 154 valence electrons. The summed E-state index contributed by atoms with van der Waals surface area (Å²) in [6, 6.07) is 15.8. The number of rotatable bonds is 7. The van der Waals surface area contributed by atoms with Gasteiger partial charge in [-0.2, -0.15) is 0 Å². The second kappa shape index (κ2) is 10.2. The maximum absolute atomic E-state index is 12.4. The monoisotopic (exact) mass is 394 g/mol. The molecule has 6 heteroatoms. The predicted molar refractivity (Wildman–Crippen MR) is 116 cm³/mol. The molecule has 6 nitrogen and oxygen atoms in total. The van der Waals surface area contributed by atoms with Gasteiger partial charge in [0, 0.05) is 38.4 Å². The lowest BCUT2D eigenvalue weighted by Crippen LogP contribution is -2.50. The molecule has 1 saturated heterocycles. The number of amides is 2. The fourth-order valence-corrected chi connectivity index (χ4v) is 3.44. The summed E-state index contributed by atoms with van der Waals surface area (Å²) in [4.78, 5) is 28.8. The molecule has 2 aromatic rings. The van der Waals surface area contributed by atoms with E-state index in [0.717, 1.165) is 43.0 Å². The Hall–Kier alpha value is -2.70. The summed E-state index contributed by atoms with van der Waals surface area (Å²) in [7, 11) is 0. The van der Waals surface area contributed by atoms with E-state index in [1.807, 2.05) is 62.4 Å². The SMILES string of the molecule is Cc1cccc(NC(=O)CN2CCN(CC(=O)NCc3ccccc3)CC2)c1C. The molecule has 1 aliphatic heterocycles. The highest BCUT2D eigenvalue weighted by Gasteiger charge is 2.20. The average molecular weight is 395 g/mol. The van der Waals surface area contributed by atoms with Crippen LogP contribution in [0.1, 0.15) is 16.7 Å². The van der Waals surface area contributed by atoms with Gasteiger partial charge < -0.3 is 10.6 Å². The number of piperazine rings is 1. The molecule has 1 fully saturated rings. The van der Waals surface area contributed by atoms with Crippen LogP contribution >= 0.6 is 0 Å². The smallest absolute Gasteiger partial charge is 0.238 e. The zero-order valence-corrected chi connectivity index (χ0v) is 17.3. The van der Waals surface area contributed by atoms with Crippen molar-refractivity contribution in [2.75, 3.05) is 44.6 Å². The van der Waals surface area contributed by atoms with Crippen LogP contribution in [0.4, 0.5) is 5.69 Å². The molecule has 0 bridgehead atoms. The first-order chi connectivity index (χ1) is 14.0. The normalized spacial score (nSPS) is 15.1. The van der Waals surface area contributed by atoms with Gasteiger partial charge in [-0.25, -0.2) is 0 Å². The van der Waals surface area contributed by atoms with Crippen molar-refractivity contribution in [1.29, 1.82) is 0 Å². The third kappa shape index (κ3) is 6.41. The molecular weight excluding hydrogens is 364 g/mol. The van der Waals surface area contributed by atoms with Crippen LogP contribution in [0.15, 0.2) is 48.5 Å². The van der Waals surface area contributed by atoms with Gasteiger partial charge in [0.2, 0.25) is 11.8 Å². The summed E-state index contributed by atoms with van der Waals surface area (Å²) in [5.74, 6) is 0.0442. The molecule has 3 rings (SSSR count). The minimum Gasteiger partial charge on any atom is -0.351 e. The molecule has 0 saturated carbocycles. The molecule has 29 heavy (non-hydrogen) atoms. The first kappa shape index (κ1) is 21.0. The van der Waals surface area contributed by atoms with Crippen molar-refractivity contribution in [3.8, 4) is 0 Å². The van der Waals surface area contributed by atoms with Crippen molar-refractivity contribution in [3.05, 3.63) is 65.2 Å². The number of hydrogen-bond acceptors (Lipinski definition) is 4. The van der Waals surface area contributed by atoms with Crippen molar-refractivity contribution in [3.63, 3.8) is 0 Å². The lowest BCUT2D eigenvalue weighted by Gasteiger charge is -2.33. The molecule has 1 heterocycles. The Labute approximate surface area is 172 Å². The molecule has 0 aromatic heterocycles. The third-order valence-electron chi connectivity index (χ3n) is 5.41. The Balaban J connectivity index is 1.37. The quantitative estimate of drug-likeness (QED) is 0.756. The van der Waals surface area contributed by atoms with Crippen LogP contribution in [0, 0.1) is 13.8 Å². The maximum Gasteiger partial charge on any atom is 0.238 e. The largest absolute Gasteiger partial charge is 0.351 e. The second-order valence-electron chi connectivity index (χ2n) is 7.61. The molecule has 2 aromatic carbocycles. The zero-order valence-electron chi connectivity index (χ0n) is 17.3. The minimum absolute atomic E-state index is 0.00718. The Morgan fingerprint density at radius 1 is 0.828 bits per heavy atom. The van der Waals surface area contributed by atoms with Gasteiger partial charge in [-0.3, -0.25) is 19.4 Å². The molecule has 0 atom stereocenters. The van der Waals surface area contributed by atoms with Crippen molar-refractivity contribution >= 4 is 17.5 Å². The van der Waals surface area contributed by atoms with Gasteiger partial charge in [-0.05, 0) is 36.6 Å². The Morgan fingerprint density at radius 2 is 1.45 bits per heavy atom. The van der Waals surface area contributed by atoms with Crippen molar-refractivity contribution in [1.82, 2.24) is 15.1 Å². The number of hydrogen-bond donors (Lipinski definition) is 2. The third-order valence-corrected chi connectivity index (χ3v) is 5.41. The molecule has 0 radical (unpaired) electrons. The number of nitrogens with one attached hydrogen (secondary N) is 2. The van der Waals surface area contributed by atoms with Crippen LogP contribution in [-0.2, 0) is 16.1 Å². The lowest BCUT2D eigenvalue weighted by atomic mass is 10.1. The summed E-state index contributed by atoms with van der Waals surface area (Å²) >= 11 is 0. The number of nitrogens with zero attached hydrogens (tertiary/aromatic N) is 2. The molecule has 0 aliphatic carbocycles. The fraction of sp³-hybridized carbons (Fsp3) is 0.391. The predicted octanol–water partition coefficient (Wildman–Crippen LogP) is 2.18. The van der Waals surface area contributed by atoms with E-state index in [4.69, 9.17) is 0 Å². The Kier molecular flexibility index (Phi) is 7.38. The van der Waals surface area contributed by atoms with Crippen LogP contribution < -0.4 is 10.6 Å². The van der Waals surface area contributed by atoms with Crippen LogP contribution in [0.2, 0.25) is 0 Å². The van der Waals surface area contributed by atoms with E-state index in [2.05, 4.69) is 20.4 Å². The summed E-state index contributed by atoms with van der Waals surface area (Å²) in [5.41, 5.74) is 4.25. The lowest BCUT2D eigenvalue weighted by molar-refractivity contribution is -0.123. The molecule has 0 spiro atoms. The highest BCUT2D eigenvalue weighted by Crippen LogP contribution is 2.17. The van der Waals surface area contributed by atoms with Gasteiger partial charge >= 0.3 is 0 Å². The average Bonchev–Trinajstić information content (AvgIpc) is 2.72. The number of aryl methyl sites for hydroxylation is 1. The van der Waals surface area contributed by atoms with Crippen molar-refractivity contribution < 1.29 is 9.59 Å². The number of carbonyl (C=O) groups is 2. The van der Waals surface area contributed by atoms with E-state index in [9.17, 15) is 9.59 Å². The maximum atomic E-state index is 12.4. The van der Waals surface area contributed by atoms with Gasteiger partial charge in [0.05, 0.1) is 13.1 Å². The number of carbonyl (C=O) groups excluding carboxylic acids is 2. The van der Waals surface area contributed by atoms with Gasteiger partial charge in [-0.15, -0.1) is 0 Å². The van der Waals surface area contributed by atoms with Gasteiger partial charge in [0.25, 0.3) is 0 Å². The number of benzene rings is 2. The van der Waals surface area contributed by atoms with Crippen LogP contribution in [0.25, 0.3) is 0 Å². The standard InChI is InChI=1S/C23H30N4O2/c1-18-7-6-10-21(19(18)2)25-23(29)17-27-13-11-26(12-14-27)16-22(28)24-15-20-8-4-3-5-9-20/h3-10H,11-17H2,1-2H3,(H,24,28)(H,25,29). The first-order valence-corrected chi connectivity index (χ1v) is 10.1. The molecular formula is C23H30N4O2. The van der Waals surface area contributed by atoms with Crippen LogP contribution in [0.5, 0.6) is 0 Å². The first-order valence-electron chi connectivity index (χ1n) is 10.1. The van der Waals surface area contributed by atoms with Crippen molar-refractivity contribution in [2.24, 2.45) is 0 Å². The highest BCUT2D eigenvalue weighted by molar-refractivity contribution is 5.93. The summed E-state index contributed by atoms with van der Waals surface area (Å²) < 4.78 is 0. The summed E-state index contributed by atoms with van der Waals surface area (Å²) in [5, 5.41) is 5.98.